The first-order valence-corrected chi connectivity index (χ1v) is 9.32. The highest BCUT2D eigenvalue weighted by Gasteiger charge is 2.10. The van der Waals surface area contributed by atoms with Crippen LogP contribution in [0.15, 0.2) is 48.5 Å². The molecule has 0 aliphatic heterocycles. The summed E-state index contributed by atoms with van der Waals surface area (Å²) < 4.78 is 11.2. The Kier molecular flexibility index (Phi) is 6.80. The number of anilines is 3. The van der Waals surface area contributed by atoms with E-state index in [4.69, 9.17) is 15.2 Å². The van der Waals surface area contributed by atoms with Crippen molar-refractivity contribution in [2.45, 2.75) is 13.5 Å². The minimum absolute atomic E-state index is 0.164. The fourth-order valence-corrected chi connectivity index (χ4v) is 2.78. The molecule has 8 heteroatoms. The largest absolute Gasteiger partial charge is 0.495 e. The topological polar surface area (TPSA) is 98.4 Å². The van der Waals surface area contributed by atoms with Gasteiger partial charge in [0.05, 0.1) is 19.3 Å². The van der Waals surface area contributed by atoms with E-state index in [0.29, 0.717) is 30.7 Å². The van der Waals surface area contributed by atoms with Crippen molar-refractivity contribution in [1.29, 1.82) is 0 Å². The number of hydrogen-bond acceptors (Lipinski definition) is 8. The number of aryl methyl sites for hydroxylation is 1. The van der Waals surface area contributed by atoms with Crippen LogP contribution in [0.25, 0.3) is 0 Å². The molecule has 1 heterocycles. The number of nitrogens with zero attached hydrogens (tertiary/aromatic N) is 4. The van der Waals surface area contributed by atoms with Crippen LogP contribution in [0.1, 0.15) is 11.4 Å². The zero-order valence-corrected chi connectivity index (χ0v) is 16.9. The number of ether oxygens (including phenoxy) is 2. The van der Waals surface area contributed by atoms with E-state index < -0.39 is 0 Å². The molecule has 0 radical (unpaired) electrons. The number of nitrogens with two attached hydrogens (primary N) is 1. The predicted octanol–water partition coefficient (Wildman–Crippen LogP) is 3.03. The first-order chi connectivity index (χ1) is 14.0. The maximum absolute atomic E-state index is 5.88. The lowest BCUT2D eigenvalue weighted by molar-refractivity contribution is 0.229. The molecule has 0 saturated carbocycles. The standard InChI is InChI=1S/C21H26N6O2/c1-15-8-4-6-10-17(15)29-13-12-27(2)14-19-24-20(22)26-21(25-19)23-16-9-5-7-11-18(16)28-3/h4-11H,12-14H2,1-3H3,(H3,22,23,24,25,26). The molecule has 0 amide bonds. The molecule has 152 valence electrons. The smallest absolute Gasteiger partial charge is 0.232 e. The summed E-state index contributed by atoms with van der Waals surface area (Å²) >= 11 is 0. The number of nitrogens with one attached hydrogen (secondary N) is 1. The first kappa shape index (κ1) is 20.3. The molecule has 8 nitrogen and oxygen atoms in total. The third-order valence-corrected chi connectivity index (χ3v) is 4.29. The summed E-state index contributed by atoms with van der Waals surface area (Å²) in [5.74, 6) is 2.71. The molecule has 0 fully saturated rings. The second-order valence-electron chi connectivity index (χ2n) is 6.61. The van der Waals surface area contributed by atoms with Crippen LogP contribution in [0.5, 0.6) is 11.5 Å². The van der Waals surface area contributed by atoms with Crippen molar-refractivity contribution < 1.29 is 9.47 Å². The fourth-order valence-electron chi connectivity index (χ4n) is 2.78. The van der Waals surface area contributed by atoms with Gasteiger partial charge in [0, 0.05) is 6.54 Å². The summed E-state index contributed by atoms with van der Waals surface area (Å²) in [4.78, 5) is 15.0. The Balaban J connectivity index is 1.59. The SMILES string of the molecule is COc1ccccc1Nc1nc(N)nc(CN(C)CCOc2ccccc2C)n1. The number of rotatable bonds is 9. The summed E-state index contributed by atoms with van der Waals surface area (Å²) in [5, 5.41) is 3.14. The summed E-state index contributed by atoms with van der Waals surface area (Å²) in [6.45, 7) is 3.83. The highest BCUT2D eigenvalue weighted by Crippen LogP contribution is 2.25. The Bertz CT molecular complexity index is 950. The van der Waals surface area contributed by atoms with Crippen molar-refractivity contribution in [2.24, 2.45) is 0 Å². The predicted molar refractivity (Wildman–Crippen MR) is 114 cm³/mol. The maximum atomic E-state index is 5.88. The summed E-state index contributed by atoms with van der Waals surface area (Å²) in [5.41, 5.74) is 7.75. The molecule has 0 atom stereocenters. The van der Waals surface area contributed by atoms with Gasteiger partial charge in [0.25, 0.3) is 0 Å². The van der Waals surface area contributed by atoms with Crippen molar-refractivity contribution in [1.82, 2.24) is 19.9 Å². The number of para-hydroxylation sites is 3. The Hall–Kier alpha value is -3.39. The minimum Gasteiger partial charge on any atom is -0.495 e. The third-order valence-electron chi connectivity index (χ3n) is 4.29. The van der Waals surface area contributed by atoms with Gasteiger partial charge in [0.2, 0.25) is 11.9 Å². The average molecular weight is 394 g/mol. The maximum Gasteiger partial charge on any atom is 0.232 e. The van der Waals surface area contributed by atoms with Crippen LogP contribution in [0.2, 0.25) is 0 Å². The highest BCUT2D eigenvalue weighted by atomic mass is 16.5. The number of aromatic nitrogens is 3. The zero-order chi connectivity index (χ0) is 20.6. The number of benzene rings is 2. The lowest BCUT2D eigenvalue weighted by Crippen LogP contribution is -2.25. The summed E-state index contributed by atoms with van der Waals surface area (Å²) in [7, 11) is 3.59. The molecule has 0 bridgehead atoms. The van der Waals surface area contributed by atoms with Crippen molar-refractivity contribution in [3.8, 4) is 11.5 Å². The van der Waals surface area contributed by atoms with Gasteiger partial charge in [0.1, 0.15) is 23.9 Å². The molecular formula is C21H26N6O2. The van der Waals surface area contributed by atoms with Crippen molar-refractivity contribution in [3.05, 3.63) is 59.9 Å². The molecule has 0 saturated heterocycles. The van der Waals surface area contributed by atoms with E-state index in [1.807, 2.05) is 62.5 Å². The van der Waals surface area contributed by atoms with Gasteiger partial charge < -0.3 is 20.5 Å². The Morgan fingerprint density at radius 1 is 1.00 bits per heavy atom. The molecular weight excluding hydrogens is 368 g/mol. The van der Waals surface area contributed by atoms with Crippen LogP contribution >= 0.6 is 0 Å². The summed E-state index contributed by atoms with van der Waals surface area (Å²) in [6.07, 6.45) is 0. The second kappa shape index (κ2) is 9.70. The van der Waals surface area contributed by atoms with E-state index in [1.165, 1.54) is 0 Å². The lowest BCUT2D eigenvalue weighted by atomic mass is 10.2. The molecule has 29 heavy (non-hydrogen) atoms. The number of methoxy groups -OCH3 is 1. The van der Waals surface area contributed by atoms with Gasteiger partial charge in [-0.05, 0) is 37.7 Å². The quantitative estimate of drug-likeness (QED) is 0.571. The number of hydrogen-bond donors (Lipinski definition) is 2. The van der Waals surface area contributed by atoms with Crippen LogP contribution in [0, 0.1) is 6.92 Å². The van der Waals surface area contributed by atoms with E-state index in [2.05, 4.69) is 25.2 Å². The molecule has 3 aromatic rings. The Morgan fingerprint density at radius 3 is 2.48 bits per heavy atom. The molecule has 0 spiro atoms. The van der Waals surface area contributed by atoms with Crippen molar-refractivity contribution in [3.63, 3.8) is 0 Å². The van der Waals surface area contributed by atoms with Crippen LogP contribution in [-0.2, 0) is 6.54 Å². The fraction of sp³-hybridized carbons (Fsp3) is 0.286. The molecule has 0 aliphatic carbocycles. The van der Waals surface area contributed by atoms with E-state index in [9.17, 15) is 0 Å². The first-order valence-electron chi connectivity index (χ1n) is 9.32. The molecule has 1 aromatic heterocycles. The molecule has 3 N–H and O–H groups in total. The van der Waals surface area contributed by atoms with E-state index in [-0.39, 0.29) is 5.95 Å². The van der Waals surface area contributed by atoms with Gasteiger partial charge in [-0.2, -0.15) is 15.0 Å². The van der Waals surface area contributed by atoms with E-state index >= 15 is 0 Å². The van der Waals surface area contributed by atoms with Gasteiger partial charge >= 0.3 is 0 Å². The highest BCUT2D eigenvalue weighted by molar-refractivity contribution is 5.62. The zero-order valence-electron chi connectivity index (χ0n) is 16.9. The van der Waals surface area contributed by atoms with Gasteiger partial charge in [-0.1, -0.05) is 30.3 Å². The monoisotopic (exact) mass is 394 g/mol. The van der Waals surface area contributed by atoms with Gasteiger partial charge in [-0.3, -0.25) is 4.90 Å². The molecule has 0 unspecified atom stereocenters. The van der Waals surface area contributed by atoms with Crippen molar-refractivity contribution in [2.75, 3.05) is 38.4 Å². The second-order valence-corrected chi connectivity index (χ2v) is 6.61. The van der Waals surface area contributed by atoms with Crippen LogP contribution < -0.4 is 20.5 Å². The molecule has 2 aromatic carbocycles. The Morgan fingerprint density at radius 2 is 1.72 bits per heavy atom. The average Bonchev–Trinajstić information content (AvgIpc) is 2.69. The number of likely N-dealkylation sites (N-methyl/N-ethyl adjacent to an activating group) is 1. The van der Waals surface area contributed by atoms with Gasteiger partial charge in [-0.25, -0.2) is 0 Å². The van der Waals surface area contributed by atoms with E-state index in [0.717, 1.165) is 23.5 Å². The number of nitrogen functional groups attached to an aromatic ring is 1. The van der Waals surface area contributed by atoms with Crippen LogP contribution in [-0.4, -0.2) is 47.2 Å². The van der Waals surface area contributed by atoms with Crippen molar-refractivity contribution >= 4 is 17.6 Å². The molecule has 0 aliphatic rings. The van der Waals surface area contributed by atoms with Crippen LogP contribution in [0.4, 0.5) is 17.6 Å². The molecule has 3 rings (SSSR count). The summed E-state index contributed by atoms with van der Waals surface area (Å²) in [6, 6.07) is 15.5. The van der Waals surface area contributed by atoms with Gasteiger partial charge in [-0.15, -0.1) is 0 Å². The lowest BCUT2D eigenvalue weighted by Gasteiger charge is -2.17. The minimum atomic E-state index is 0.164. The Labute approximate surface area is 170 Å². The van der Waals surface area contributed by atoms with Crippen LogP contribution in [0.3, 0.4) is 0 Å². The van der Waals surface area contributed by atoms with E-state index in [1.54, 1.807) is 7.11 Å². The third kappa shape index (κ3) is 5.79. The normalized spacial score (nSPS) is 10.8. The van der Waals surface area contributed by atoms with Gasteiger partial charge in [0.15, 0.2) is 0 Å².